The fourth-order valence-corrected chi connectivity index (χ4v) is 4.64. The van der Waals surface area contributed by atoms with Gasteiger partial charge in [-0.3, -0.25) is 0 Å². The molecule has 17 heavy (non-hydrogen) atoms. The molecule has 4 atom stereocenters. The maximum absolute atomic E-state index is 9.87. The van der Waals surface area contributed by atoms with Crippen LogP contribution in [-0.4, -0.2) is 23.4 Å². The van der Waals surface area contributed by atoms with Gasteiger partial charge in [-0.2, -0.15) is 0 Å². The lowest BCUT2D eigenvalue weighted by molar-refractivity contribution is -0.0911. The first-order valence-corrected chi connectivity index (χ1v) is 6.93. The van der Waals surface area contributed by atoms with Crippen LogP contribution >= 0.6 is 0 Å². The van der Waals surface area contributed by atoms with Crippen LogP contribution in [0, 0.1) is 10.8 Å². The highest BCUT2D eigenvalue weighted by molar-refractivity contribution is 5.25. The molecular formula is C15H24O2. The summed E-state index contributed by atoms with van der Waals surface area (Å²) in [5.41, 5.74) is 1.54. The van der Waals surface area contributed by atoms with E-state index >= 15 is 0 Å². The molecule has 0 radical (unpaired) electrons. The van der Waals surface area contributed by atoms with E-state index in [0.29, 0.717) is 0 Å². The molecule has 0 spiro atoms. The number of allylic oxidation sites excluding steroid dienone is 1. The molecule has 2 fully saturated rings. The lowest BCUT2D eigenvalue weighted by atomic mass is 9.55. The van der Waals surface area contributed by atoms with Crippen molar-refractivity contribution in [3.8, 4) is 0 Å². The van der Waals surface area contributed by atoms with Gasteiger partial charge < -0.3 is 9.84 Å². The van der Waals surface area contributed by atoms with Crippen LogP contribution in [0.4, 0.5) is 0 Å². The Bertz CT molecular complexity index is 375. The summed E-state index contributed by atoms with van der Waals surface area (Å²) in [4.78, 5) is 0. The first-order valence-electron chi connectivity index (χ1n) is 6.93. The summed E-state index contributed by atoms with van der Waals surface area (Å²) in [7, 11) is 0. The highest BCUT2D eigenvalue weighted by Gasteiger charge is 2.69. The third kappa shape index (κ3) is 1.18. The van der Waals surface area contributed by atoms with Gasteiger partial charge >= 0.3 is 0 Å². The Labute approximate surface area is 104 Å². The van der Waals surface area contributed by atoms with Gasteiger partial charge in [0.25, 0.3) is 0 Å². The normalized spacial score (nSPS) is 53.2. The summed E-state index contributed by atoms with van der Waals surface area (Å²) < 4.78 is 6.38. The maximum atomic E-state index is 9.87. The SMILES string of the molecule is CC1=CC2OC3(CO)CCCC3(C)C2(C)CC1. The molecule has 1 saturated carbocycles. The second-order valence-electron chi connectivity index (χ2n) is 6.81. The zero-order valence-corrected chi connectivity index (χ0v) is 11.3. The predicted molar refractivity (Wildman–Crippen MR) is 67.7 cm³/mol. The molecule has 1 aliphatic heterocycles. The molecule has 0 amide bonds. The molecule has 2 aliphatic carbocycles. The third-order valence-electron chi connectivity index (χ3n) is 6.23. The fraction of sp³-hybridized carbons (Fsp3) is 0.867. The van der Waals surface area contributed by atoms with Crippen molar-refractivity contribution in [1.82, 2.24) is 0 Å². The molecule has 3 aliphatic rings. The number of rotatable bonds is 1. The summed E-state index contributed by atoms with van der Waals surface area (Å²) in [6.45, 7) is 7.11. The quantitative estimate of drug-likeness (QED) is 0.709. The number of aliphatic hydroxyl groups excluding tert-OH is 1. The van der Waals surface area contributed by atoms with Gasteiger partial charge in [0.15, 0.2) is 0 Å². The molecule has 4 unspecified atom stereocenters. The van der Waals surface area contributed by atoms with Gasteiger partial charge in [0.05, 0.1) is 18.3 Å². The van der Waals surface area contributed by atoms with Crippen molar-refractivity contribution >= 4 is 0 Å². The van der Waals surface area contributed by atoms with E-state index in [1.54, 1.807) is 0 Å². The van der Waals surface area contributed by atoms with E-state index in [0.717, 1.165) is 6.42 Å². The lowest BCUT2D eigenvalue weighted by Gasteiger charge is -2.46. The molecule has 96 valence electrons. The number of aliphatic hydroxyl groups is 1. The van der Waals surface area contributed by atoms with Gasteiger partial charge in [0.2, 0.25) is 0 Å². The van der Waals surface area contributed by atoms with Gasteiger partial charge in [-0.1, -0.05) is 25.5 Å². The average Bonchev–Trinajstić information content (AvgIpc) is 2.71. The number of ether oxygens (including phenoxy) is 1. The molecule has 0 bridgehead atoms. The molecule has 0 aromatic heterocycles. The molecule has 2 nitrogen and oxygen atoms in total. The molecule has 0 aromatic rings. The zero-order valence-electron chi connectivity index (χ0n) is 11.3. The lowest BCUT2D eigenvalue weighted by Crippen LogP contribution is -2.49. The minimum Gasteiger partial charge on any atom is -0.393 e. The van der Waals surface area contributed by atoms with Gasteiger partial charge in [-0.05, 0) is 39.0 Å². The zero-order chi connectivity index (χ0) is 12.3. The molecule has 1 N–H and O–H groups in total. The van der Waals surface area contributed by atoms with E-state index in [1.807, 2.05) is 0 Å². The van der Waals surface area contributed by atoms with Crippen LogP contribution in [0.1, 0.15) is 52.9 Å². The van der Waals surface area contributed by atoms with Crippen molar-refractivity contribution in [2.45, 2.75) is 64.6 Å². The fourth-order valence-electron chi connectivity index (χ4n) is 4.64. The highest BCUT2D eigenvalue weighted by atomic mass is 16.5. The van der Waals surface area contributed by atoms with Crippen molar-refractivity contribution in [2.75, 3.05) is 6.61 Å². The first-order chi connectivity index (χ1) is 7.97. The number of fused-ring (bicyclic) bond motifs is 3. The maximum Gasteiger partial charge on any atom is 0.0979 e. The van der Waals surface area contributed by atoms with Crippen LogP contribution < -0.4 is 0 Å². The highest BCUT2D eigenvalue weighted by Crippen LogP contribution is 2.68. The van der Waals surface area contributed by atoms with Crippen LogP contribution in [0.3, 0.4) is 0 Å². The first kappa shape index (κ1) is 11.7. The van der Waals surface area contributed by atoms with Crippen LogP contribution in [0.25, 0.3) is 0 Å². The van der Waals surface area contributed by atoms with E-state index in [9.17, 15) is 5.11 Å². The Kier molecular flexibility index (Phi) is 2.32. The monoisotopic (exact) mass is 236 g/mol. The van der Waals surface area contributed by atoms with Crippen LogP contribution in [0.2, 0.25) is 0 Å². The van der Waals surface area contributed by atoms with Crippen molar-refractivity contribution in [2.24, 2.45) is 10.8 Å². The second kappa shape index (κ2) is 3.36. The van der Waals surface area contributed by atoms with Crippen molar-refractivity contribution < 1.29 is 9.84 Å². The molecule has 1 heterocycles. The Morgan fingerprint density at radius 3 is 2.82 bits per heavy atom. The van der Waals surface area contributed by atoms with Crippen LogP contribution in [0.15, 0.2) is 11.6 Å². The minimum absolute atomic E-state index is 0.149. The van der Waals surface area contributed by atoms with Crippen LogP contribution in [0.5, 0.6) is 0 Å². The Hall–Kier alpha value is -0.340. The Balaban J connectivity index is 2.09. The summed E-state index contributed by atoms with van der Waals surface area (Å²) in [6, 6.07) is 0. The molecular weight excluding hydrogens is 212 g/mol. The van der Waals surface area contributed by atoms with Gasteiger partial charge in [0, 0.05) is 10.8 Å². The van der Waals surface area contributed by atoms with Gasteiger partial charge in [-0.25, -0.2) is 0 Å². The third-order valence-corrected chi connectivity index (χ3v) is 6.23. The van der Waals surface area contributed by atoms with E-state index in [2.05, 4.69) is 26.8 Å². The number of hydrogen-bond donors (Lipinski definition) is 1. The topological polar surface area (TPSA) is 29.5 Å². The van der Waals surface area contributed by atoms with Crippen molar-refractivity contribution in [1.29, 1.82) is 0 Å². The second-order valence-corrected chi connectivity index (χ2v) is 6.81. The van der Waals surface area contributed by atoms with Crippen molar-refractivity contribution in [3.05, 3.63) is 11.6 Å². The predicted octanol–water partition coefficient (Wildman–Crippen LogP) is 3.05. The smallest absolute Gasteiger partial charge is 0.0979 e. The van der Waals surface area contributed by atoms with Gasteiger partial charge in [0.1, 0.15) is 0 Å². The standard InChI is InChI=1S/C15H24O2/c1-11-5-8-13(2)12(9-11)17-15(10-16)7-4-6-14(13,15)3/h9,12,16H,4-8,10H2,1-3H3. The van der Waals surface area contributed by atoms with E-state index < -0.39 is 0 Å². The Morgan fingerprint density at radius 1 is 1.35 bits per heavy atom. The largest absolute Gasteiger partial charge is 0.393 e. The Morgan fingerprint density at radius 2 is 2.12 bits per heavy atom. The van der Waals surface area contributed by atoms with Gasteiger partial charge in [-0.15, -0.1) is 0 Å². The summed E-state index contributed by atoms with van der Waals surface area (Å²) in [5, 5.41) is 9.87. The van der Waals surface area contributed by atoms with Crippen LogP contribution in [-0.2, 0) is 4.74 Å². The van der Waals surface area contributed by atoms with E-state index in [-0.39, 0.29) is 29.1 Å². The van der Waals surface area contributed by atoms with E-state index in [1.165, 1.54) is 31.3 Å². The average molecular weight is 236 g/mol. The summed E-state index contributed by atoms with van der Waals surface area (Å²) in [6.07, 6.45) is 8.35. The summed E-state index contributed by atoms with van der Waals surface area (Å²) >= 11 is 0. The van der Waals surface area contributed by atoms with Crippen molar-refractivity contribution in [3.63, 3.8) is 0 Å². The molecule has 1 saturated heterocycles. The minimum atomic E-state index is -0.270. The molecule has 3 rings (SSSR count). The number of hydrogen-bond acceptors (Lipinski definition) is 2. The molecule has 0 aromatic carbocycles. The summed E-state index contributed by atoms with van der Waals surface area (Å²) in [5.74, 6) is 0. The molecule has 2 heteroatoms. The van der Waals surface area contributed by atoms with E-state index in [4.69, 9.17) is 4.74 Å².